The van der Waals surface area contributed by atoms with Crippen LogP contribution in [0.25, 0.3) is 0 Å². The van der Waals surface area contributed by atoms with Gasteiger partial charge in [-0.15, -0.1) is 0 Å². The number of nitrogens with one attached hydrogen (secondary N) is 1. The van der Waals surface area contributed by atoms with Crippen LogP contribution >= 0.6 is 15.9 Å². The van der Waals surface area contributed by atoms with Crippen LogP contribution in [0.1, 0.15) is 46.5 Å². The first-order valence-electron chi connectivity index (χ1n) is 6.56. The summed E-state index contributed by atoms with van der Waals surface area (Å²) in [6.07, 6.45) is 4.12. The van der Waals surface area contributed by atoms with Crippen molar-refractivity contribution in [1.29, 1.82) is 0 Å². The van der Waals surface area contributed by atoms with Crippen molar-refractivity contribution in [3.63, 3.8) is 0 Å². The summed E-state index contributed by atoms with van der Waals surface area (Å²) < 4.78 is 5.49. The van der Waals surface area contributed by atoms with Gasteiger partial charge in [0.1, 0.15) is 0 Å². The maximum Gasteiger partial charge on any atom is 0.220 e. The van der Waals surface area contributed by atoms with E-state index in [0.717, 1.165) is 25.9 Å². The minimum atomic E-state index is 0.186. The summed E-state index contributed by atoms with van der Waals surface area (Å²) in [6.45, 7) is 6.95. The molecule has 3 nitrogen and oxygen atoms in total. The second kappa shape index (κ2) is 7.37. The molecule has 2 atom stereocenters. The zero-order chi connectivity index (χ0) is 12.8. The van der Waals surface area contributed by atoms with Crippen LogP contribution in [0.5, 0.6) is 0 Å². The quantitative estimate of drug-likeness (QED) is 0.735. The van der Waals surface area contributed by atoms with Gasteiger partial charge < -0.3 is 10.1 Å². The fourth-order valence-corrected chi connectivity index (χ4v) is 2.92. The maximum atomic E-state index is 11.7. The number of halogens is 1. The number of alkyl halides is 1. The third-order valence-corrected chi connectivity index (χ3v) is 3.53. The second-order valence-electron chi connectivity index (χ2n) is 5.10. The number of amides is 1. The molecule has 0 aromatic heterocycles. The van der Waals surface area contributed by atoms with Crippen LogP contribution in [0.2, 0.25) is 0 Å². The fraction of sp³-hybridized carbons (Fsp3) is 0.923. The summed E-state index contributed by atoms with van der Waals surface area (Å²) in [6, 6.07) is 0.250. The van der Waals surface area contributed by atoms with Gasteiger partial charge in [0.2, 0.25) is 5.91 Å². The van der Waals surface area contributed by atoms with Gasteiger partial charge in [-0.2, -0.15) is 0 Å². The highest BCUT2D eigenvalue weighted by Gasteiger charge is 2.31. The molecule has 1 amide bonds. The highest BCUT2D eigenvalue weighted by molar-refractivity contribution is 9.09. The first-order valence-corrected chi connectivity index (χ1v) is 7.47. The monoisotopic (exact) mass is 305 g/mol. The minimum Gasteiger partial charge on any atom is -0.378 e. The molecule has 4 heteroatoms. The lowest BCUT2D eigenvalue weighted by molar-refractivity contribution is -0.124. The average Bonchev–Trinajstić information content (AvgIpc) is 2.12. The molecule has 1 fully saturated rings. The highest BCUT2D eigenvalue weighted by atomic mass is 79.9. The van der Waals surface area contributed by atoms with Crippen molar-refractivity contribution >= 4 is 21.8 Å². The number of rotatable bonds is 7. The zero-order valence-electron chi connectivity index (χ0n) is 11.0. The van der Waals surface area contributed by atoms with Crippen LogP contribution in [0.4, 0.5) is 0 Å². The van der Waals surface area contributed by atoms with E-state index >= 15 is 0 Å². The van der Waals surface area contributed by atoms with Crippen LogP contribution in [-0.4, -0.2) is 29.5 Å². The molecule has 1 saturated carbocycles. The van der Waals surface area contributed by atoms with Crippen molar-refractivity contribution in [3.05, 3.63) is 0 Å². The number of carbonyl (C=O) groups is 1. The number of carbonyl (C=O) groups excluding carboxylic acids is 1. The van der Waals surface area contributed by atoms with E-state index in [1.165, 1.54) is 0 Å². The molecule has 1 N–H and O–H groups in total. The van der Waals surface area contributed by atoms with E-state index in [9.17, 15) is 4.79 Å². The minimum absolute atomic E-state index is 0.186. The normalized spacial score (nSPS) is 27.1. The maximum absolute atomic E-state index is 11.7. The molecular formula is C13H24BrNO2. The number of hydrogen-bond acceptors (Lipinski definition) is 2. The summed E-state index contributed by atoms with van der Waals surface area (Å²) in [4.78, 5) is 12.2. The SMILES string of the molecule is CCOC1CC(CC(=O)NC(C)CC(C)Br)C1. The van der Waals surface area contributed by atoms with Gasteiger partial charge in [-0.05, 0) is 39.0 Å². The van der Waals surface area contributed by atoms with Crippen molar-refractivity contribution in [1.82, 2.24) is 5.32 Å². The van der Waals surface area contributed by atoms with E-state index < -0.39 is 0 Å². The molecule has 0 aromatic rings. The fourth-order valence-electron chi connectivity index (χ4n) is 2.36. The van der Waals surface area contributed by atoms with E-state index in [4.69, 9.17) is 4.74 Å². The third-order valence-electron chi connectivity index (χ3n) is 3.15. The van der Waals surface area contributed by atoms with E-state index in [2.05, 4.69) is 35.1 Å². The third kappa shape index (κ3) is 5.87. The molecule has 2 unspecified atom stereocenters. The van der Waals surface area contributed by atoms with Gasteiger partial charge in [-0.25, -0.2) is 0 Å². The van der Waals surface area contributed by atoms with Gasteiger partial charge in [0.15, 0.2) is 0 Å². The Morgan fingerprint density at radius 3 is 2.65 bits per heavy atom. The summed E-state index contributed by atoms with van der Waals surface area (Å²) >= 11 is 3.50. The Bertz CT molecular complexity index is 240. The molecule has 0 bridgehead atoms. The first-order chi connectivity index (χ1) is 8.01. The molecule has 0 spiro atoms. The molecule has 17 heavy (non-hydrogen) atoms. The van der Waals surface area contributed by atoms with Crippen LogP contribution in [0, 0.1) is 5.92 Å². The van der Waals surface area contributed by atoms with E-state index in [1.54, 1.807) is 0 Å². The zero-order valence-corrected chi connectivity index (χ0v) is 12.6. The summed E-state index contributed by atoms with van der Waals surface area (Å²) in [7, 11) is 0. The molecule has 0 saturated heterocycles. The Hall–Kier alpha value is -0.0900. The van der Waals surface area contributed by atoms with Gasteiger partial charge in [-0.1, -0.05) is 22.9 Å². The van der Waals surface area contributed by atoms with E-state index in [-0.39, 0.29) is 11.9 Å². The summed E-state index contributed by atoms with van der Waals surface area (Å²) in [5.41, 5.74) is 0. The van der Waals surface area contributed by atoms with Crippen LogP contribution in [-0.2, 0) is 9.53 Å². The van der Waals surface area contributed by atoms with Crippen LogP contribution < -0.4 is 5.32 Å². The molecule has 0 aromatic carbocycles. The Kier molecular flexibility index (Phi) is 6.49. The topological polar surface area (TPSA) is 38.3 Å². The van der Waals surface area contributed by atoms with Crippen molar-refractivity contribution < 1.29 is 9.53 Å². The molecule has 0 heterocycles. The Labute approximate surface area is 113 Å². The van der Waals surface area contributed by atoms with E-state index in [0.29, 0.717) is 23.3 Å². The van der Waals surface area contributed by atoms with Gasteiger partial charge >= 0.3 is 0 Å². The van der Waals surface area contributed by atoms with Crippen molar-refractivity contribution in [2.75, 3.05) is 6.61 Å². The standard InChI is InChI=1S/C13H24BrNO2/c1-4-17-12-6-11(7-12)8-13(16)15-10(3)5-9(2)14/h9-12H,4-8H2,1-3H3,(H,15,16). The summed E-state index contributed by atoms with van der Waals surface area (Å²) in [5.74, 6) is 0.714. The van der Waals surface area contributed by atoms with Crippen molar-refractivity contribution in [3.8, 4) is 0 Å². The van der Waals surface area contributed by atoms with Gasteiger partial charge in [-0.3, -0.25) is 4.79 Å². The van der Waals surface area contributed by atoms with Gasteiger partial charge in [0.25, 0.3) is 0 Å². The lowest BCUT2D eigenvalue weighted by Gasteiger charge is -2.34. The second-order valence-corrected chi connectivity index (χ2v) is 6.67. The number of hydrogen-bond donors (Lipinski definition) is 1. The van der Waals surface area contributed by atoms with Crippen molar-refractivity contribution in [2.45, 2.75) is 63.4 Å². The first kappa shape index (κ1) is 15.0. The lowest BCUT2D eigenvalue weighted by Crippen LogP contribution is -2.39. The molecule has 0 radical (unpaired) electrons. The van der Waals surface area contributed by atoms with Crippen LogP contribution in [0.15, 0.2) is 0 Å². The average molecular weight is 306 g/mol. The molecule has 0 aliphatic heterocycles. The van der Waals surface area contributed by atoms with Gasteiger partial charge in [0, 0.05) is 23.9 Å². The lowest BCUT2D eigenvalue weighted by atomic mass is 9.80. The Balaban J connectivity index is 2.10. The summed E-state index contributed by atoms with van der Waals surface area (Å²) in [5, 5.41) is 3.05. The Morgan fingerprint density at radius 1 is 1.47 bits per heavy atom. The predicted molar refractivity (Wildman–Crippen MR) is 73.4 cm³/mol. The molecule has 1 aliphatic carbocycles. The van der Waals surface area contributed by atoms with Crippen molar-refractivity contribution in [2.24, 2.45) is 5.92 Å². The molecule has 1 rings (SSSR count). The Morgan fingerprint density at radius 2 is 2.12 bits per heavy atom. The number of ether oxygens (including phenoxy) is 1. The molecular weight excluding hydrogens is 282 g/mol. The highest BCUT2D eigenvalue weighted by Crippen LogP contribution is 2.32. The largest absolute Gasteiger partial charge is 0.378 e. The molecule has 100 valence electrons. The predicted octanol–water partition coefficient (Wildman–Crippen LogP) is 2.87. The van der Waals surface area contributed by atoms with Crippen LogP contribution in [0.3, 0.4) is 0 Å². The smallest absolute Gasteiger partial charge is 0.220 e. The molecule has 1 aliphatic rings. The van der Waals surface area contributed by atoms with E-state index in [1.807, 2.05) is 6.92 Å². The van der Waals surface area contributed by atoms with Gasteiger partial charge in [0.05, 0.1) is 6.10 Å².